The zero-order chi connectivity index (χ0) is 11.3. The molecule has 0 spiro atoms. The molecule has 3 nitrogen and oxygen atoms in total. The highest BCUT2D eigenvalue weighted by molar-refractivity contribution is 5.19. The normalized spacial score (nSPS) is 12.9. The lowest BCUT2D eigenvalue weighted by Crippen LogP contribution is -2.14. The van der Waals surface area contributed by atoms with Crippen molar-refractivity contribution in [2.45, 2.75) is 39.8 Å². The Labute approximate surface area is 91.7 Å². The quantitative estimate of drug-likeness (QED) is 0.808. The maximum absolute atomic E-state index is 5.72. The first-order valence-electron chi connectivity index (χ1n) is 5.43. The molecular formula is C12H20N2O. The van der Waals surface area contributed by atoms with Crippen molar-refractivity contribution in [1.82, 2.24) is 4.98 Å². The average Bonchev–Trinajstić information content (AvgIpc) is 2.17. The van der Waals surface area contributed by atoms with E-state index in [1.165, 1.54) is 0 Å². The number of hydrogen-bond donors (Lipinski definition) is 1. The zero-order valence-electron chi connectivity index (χ0n) is 9.73. The molecule has 1 heterocycles. The minimum absolute atomic E-state index is 0.232. The second-order valence-electron chi connectivity index (χ2n) is 4.25. The van der Waals surface area contributed by atoms with Gasteiger partial charge in [-0.15, -0.1) is 0 Å². The maximum Gasteiger partial charge on any atom is 0.138 e. The van der Waals surface area contributed by atoms with Crippen molar-refractivity contribution in [2.75, 3.05) is 0 Å². The molecule has 0 aliphatic carbocycles. The van der Waals surface area contributed by atoms with E-state index in [9.17, 15) is 0 Å². The first-order chi connectivity index (χ1) is 7.11. The van der Waals surface area contributed by atoms with Crippen LogP contribution in [0.15, 0.2) is 18.3 Å². The molecule has 1 atom stereocenters. The topological polar surface area (TPSA) is 48.1 Å². The fourth-order valence-electron chi connectivity index (χ4n) is 1.55. The summed E-state index contributed by atoms with van der Waals surface area (Å²) in [4.78, 5) is 4.18. The van der Waals surface area contributed by atoms with Crippen LogP contribution in [0.5, 0.6) is 5.75 Å². The molecule has 0 aromatic carbocycles. The summed E-state index contributed by atoms with van der Waals surface area (Å²) in [7, 11) is 0. The van der Waals surface area contributed by atoms with Crippen molar-refractivity contribution in [1.29, 1.82) is 0 Å². The summed E-state index contributed by atoms with van der Waals surface area (Å²) in [5.74, 6) is 1.47. The van der Waals surface area contributed by atoms with Gasteiger partial charge in [0.05, 0.1) is 18.0 Å². The van der Waals surface area contributed by atoms with Crippen LogP contribution in [0.25, 0.3) is 0 Å². The van der Waals surface area contributed by atoms with E-state index in [1.807, 2.05) is 12.1 Å². The van der Waals surface area contributed by atoms with Crippen LogP contribution in [-0.4, -0.2) is 11.1 Å². The van der Waals surface area contributed by atoms with Gasteiger partial charge in [0.15, 0.2) is 0 Å². The number of pyridine rings is 1. The van der Waals surface area contributed by atoms with Crippen LogP contribution in [0.2, 0.25) is 0 Å². The molecule has 84 valence electrons. The molecule has 3 heteroatoms. The van der Waals surface area contributed by atoms with E-state index in [2.05, 4.69) is 25.8 Å². The third kappa shape index (κ3) is 4.30. The van der Waals surface area contributed by atoms with E-state index in [1.54, 1.807) is 6.20 Å². The van der Waals surface area contributed by atoms with Gasteiger partial charge in [-0.1, -0.05) is 13.8 Å². The second-order valence-corrected chi connectivity index (χ2v) is 4.25. The van der Waals surface area contributed by atoms with Gasteiger partial charge in [0.25, 0.3) is 0 Å². The predicted molar refractivity (Wildman–Crippen MR) is 61.7 cm³/mol. The van der Waals surface area contributed by atoms with Gasteiger partial charge in [0, 0.05) is 6.54 Å². The van der Waals surface area contributed by atoms with E-state index < -0.39 is 0 Å². The molecule has 0 fully saturated rings. The molecule has 0 radical (unpaired) electrons. The van der Waals surface area contributed by atoms with Crippen molar-refractivity contribution < 1.29 is 4.74 Å². The molecule has 0 saturated heterocycles. The van der Waals surface area contributed by atoms with E-state index in [4.69, 9.17) is 10.5 Å². The van der Waals surface area contributed by atoms with Crippen molar-refractivity contribution >= 4 is 0 Å². The standard InChI is InChI=1S/C12H20N2O/c1-9(2)6-10(3)15-12-5-4-11(7-13)14-8-12/h4-5,8-10H,6-7,13H2,1-3H3. The lowest BCUT2D eigenvalue weighted by Gasteiger charge is -2.16. The monoisotopic (exact) mass is 208 g/mol. The van der Waals surface area contributed by atoms with Gasteiger partial charge < -0.3 is 10.5 Å². The number of nitrogens with two attached hydrogens (primary N) is 1. The van der Waals surface area contributed by atoms with Gasteiger partial charge in [-0.05, 0) is 31.4 Å². The van der Waals surface area contributed by atoms with Crippen molar-refractivity contribution in [3.8, 4) is 5.75 Å². The summed E-state index contributed by atoms with van der Waals surface area (Å²) in [5, 5.41) is 0. The molecule has 1 aromatic heterocycles. The Morgan fingerprint density at radius 2 is 2.07 bits per heavy atom. The summed E-state index contributed by atoms with van der Waals surface area (Å²) < 4.78 is 5.72. The van der Waals surface area contributed by atoms with Gasteiger partial charge in [0.1, 0.15) is 5.75 Å². The largest absolute Gasteiger partial charge is 0.489 e. The van der Waals surface area contributed by atoms with Crippen molar-refractivity contribution in [3.63, 3.8) is 0 Å². The molecule has 0 aliphatic rings. The number of nitrogens with zero attached hydrogens (tertiary/aromatic N) is 1. The highest BCUT2D eigenvalue weighted by atomic mass is 16.5. The Balaban J connectivity index is 2.49. The minimum Gasteiger partial charge on any atom is -0.489 e. The fraction of sp³-hybridized carbons (Fsp3) is 0.583. The number of aromatic nitrogens is 1. The van der Waals surface area contributed by atoms with Crippen molar-refractivity contribution in [3.05, 3.63) is 24.0 Å². The number of rotatable bonds is 5. The van der Waals surface area contributed by atoms with E-state index in [-0.39, 0.29) is 6.10 Å². The summed E-state index contributed by atoms with van der Waals surface area (Å²) in [5.41, 5.74) is 6.35. The van der Waals surface area contributed by atoms with Gasteiger partial charge >= 0.3 is 0 Å². The Hall–Kier alpha value is -1.09. The zero-order valence-corrected chi connectivity index (χ0v) is 9.73. The highest BCUT2D eigenvalue weighted by Gasteiger charge is 2.06. The summed E-state index contributed by atoms with van der Waals surface area (Å²) in [6.07, 6.45) is 3.02. The molecule has 0 bridgehead atoms. The molecule has 15 heavy (non-hydrogen) atoms. The minimum atomic E-state index is 0.232. The third-order valence-electron chi connectivity index (χ3n) is 2.15. The lowest BCUT2D eigenvalue weighted by molar-refractivity contribution is 0.192. The SMILES string of the molecule is CC(C)CC(C)Oc1ccc(CN)nc1. The van der Waals surface area contributed by atoms with Crippen LogP contribution in [0.3, 0.4) is 0 Å². The second kappa shape index (κ2) is 5.71. The Bertz CT molecular complexity index is 282. The molecule has 1 rings (SSSR count). The molecule has 1 aromatic rings. The van der Waals surface area contributed by atoms with Gasteiger partial charge in [-0.25, -0.2) is 0 Å². The number of hydrogen-bond acceptors (Lipinski definition) is 3. The smallest absolute Gasteiger partial charge is 0.138 e. The van der Waals surface area contributed by atoms with Crippen LogP contribution in [-0.2, 0) is 6.54 Å². The van der Waals surface area contributed by atoms with Crippen molar-refractivity contribution in [2.24, 2.45) is 11.7 Å². The van der Waals surface area contributed by atoms with Crippen LogP contribution in [0.4, 0.5) is 0 Å². The molecule has 1 unspecified atom stereocenters. The number of ether oxygens (including phenoxy) is 1. The predicted octanol–water partition coefficient (Wildman–Crippen LogP) is 2.35. The highest BCUT2D eigenvalue weighted by Crippen LogP contribution is 2.14. The van der Waals surface area contributed by atoms with Gasteiger partial charge in [-0.2, -0.15) is 0 Å². The Morgan fingerprint density at radius 1 is 1.33 bits per heavy atom. The van der Waals surface area contributed by atoms with E-state index in [0.29, 0.717) is 12.5 Å². The van der Waals surface area contributed by atoms with Gasteiger partial charge in [0.2, 0.25) is 0 Å². The first-order valence-corrected chi connectivity index (χ1v) is 5.43. The molecular weight excluding hydrogens is 188 g/mol. The Kier molecular flexibility index (Phi) is 4.56. The molecule has 0 amide bonds. The van der Waals surface area contributed by atoms with Crippen LogP contribution >= 0.6 is 0 Å². The van der Waals surface area contributed by atoms with E-state index >= 15 is 0 Å². The fourth-order valence-corrected chi connectivity index (χ4v) is 1.55. The maximum atomic E-state index is 5.72. The lowest BCUT2D eigenvalue weighted by atomic mass is 10.1. The molecule has 2 N–H and O–H groups in total. The summed E-state index contributed by atoms with van der Waals surface area (Å²) in [6.45, 7) is 6.93. The first kappa shape index (κ1) is 12.0. The van der Waals surface area contributed by atoms with Crippen LogP contribution < -0.4 is 10.5 Å². The van der Waals surface area contributed by atoms with Gasteiger partial charge in [-0.3, -0.25) is 4.98 Å². The Morgan fingerprint density at radius 3 is 2.53 bits per heavy atom. The van der Waals surface area contributed by atoms with Crippen LogP contribution in [0, 0.1) is 5.92 Å². The van der Waals surface area contributed by atoms with E-state index in [0.717, 1.165) is 17.9 Å². The molecule has 0 saturated carbocycles. The third-order valence-corrected chi connectivity index (χ3v) is 2.15. The average molecular weight is 208 g/mol. The van der Waals surface area contributed by atoms with Crippen LogP contribution in [0.1, 0.15) is 32.9 Å². The summed E-state index contributed by atoms with van der Waals surface area (Å²) >= 11 is 0. The molecule has 0 aliphatic heterocycles. The summed E-state index contributed by atoms with van der Waals surface area (Å²) in [6, 6.07) is 3.82.